The number of piperazine rings is 1. The van der Waals surface area contributed by atoms with Gasteiger partial charge in [-0.1, -0.05) is 0 Å². The third-order valence-corrected chi connectivity index (χ3v) is 6.13. The molecular formula is C24H26F2N4O3. The summed E-state index contributed by atoms with van der Waals surface area (Å²) in [7, 11) is 0. The second-order valence-electron chi connectivity index (χ2n) is 8.55. The molecule has 0 spiro atoms. The number of carbonyl (C=O) groups excluding carboxylic acids is 1. The smallest absolute Gasteiger partial charge is 0.238 e. The molecule has 0 radical (unpaired) electrons. The molecule has 1 amide bonds. The van der Waals surface area contributed by atoms with Crippen LogP contribution in [0.1, 0.15) is 18.4 Å². The number of hydrogen-bond acceptors (Lipinski definition) is 6. The first-order valence-corrected chi connectivity index (χ1v) is 11.0. The highest BCUT2D eigenvalue weighted by Crippen LogP contribution is 2.30. The first-order valence-electron chi connectivity index (χ1n) is 11.0. The van der Waals surface area contributed by atoms with Gasteiger partial charge in [-0.3, -0.25) is 14.6 Å². The molecule has 2 aliphatic heterocycles. The fraction of sp³-hybridized carbons (Fsp3) is 0.417. The lowest BCUT2D eigenvalue weighted by Crippen LogP contribution is -2.56. The van der Waals surface area contributed by atoms with Crippen molar-refractivity contribution < 1.29 is 23.4 Å². The molecule has 9 heteroatoms. The Bertz CT molecular complexity index is 1010. The van der Waals surface area contributed by atoms with Crippen molar-refractivity contribution in [2.75, 3.05) is 38.1 Å². The van der Waals surface area contributed by atoms with Gasteiger partial charge in [0.05, 0.1) is 18.2 Å². The topological polar surface area (TPSA) is 88.8 Å². The molecule has 0 saturated carbocycles. The van der Waals surface area contributed by atoms with Gasteiger partial charge in [0.1, 0.15) is 18.5 Å². The second-order valence-corrected chi connectivity index (χ2v) is 8.55. The Morgan fingerprint density at radius 1 is 1.15 bits per heavy atom. The fourth-order valence-corrected chi connectivity index (χ4v) is 4.60. The van der Waals surface area contributed by atoms with Crippen LogP contribution < -0.4 is 10.1 Å². The zero-order valence-corrected chi connectivity index (χ0v) is 18.1. The van der Waals surface area contributed by atoms with Gasteiger partial charge in [0, 0.05) is 43.5 Å². The minimum atomic E-state index is -0.999. The lowest BCUT2D eigenvalue weighted by atomic mass is 10.1. The van der Waals surface area contributed by atoms with E-state index in [2.05, 4.69) is 21.2 Å². The number of anilines is 1. The predicted molar refractivity (Wildman–Crippen MR) is 118 cm³/mol. The molecule has 3 atom stereocenters. The van der Waals surface area contributed by atoms with Crippen molar-refractivity contribution in [1.82, 2.24) is 9.80 Å². The number of aliphatic hydroxyl groups excluding tert-OH is 1. The molecule has 2 fully saturated rings. The van der Waals surface area contributed by atoms with Gasteiger partial charge in [-0.05, 0) is 49.2 Å². The van der Waals surface area contributed by atoms with Crippen LogP contribution in [0.3, 0.4) is 0 Å². The van der Waals surface area contributed by atoms with Gasteiger partial charge >= 0.3 is 0 Å². The van der Waals surface area contributed by atoms with Crippen LogP contribution >= 0.6 is 0 Å². The average Bonchev–Trinajstić information content (AvgIpc) is 3.02. The summed E-state index contributed by atoms with van der Waals surface area (Å²) in [6.07, 6.45) is 1.33. The SMILES string of the molecule is N#Cc1ccc(OC[C@@H](O)CN2C3CCC2CN(CC(=O)Nc2ccc(F)c(F)c2)C3)cc1. The highest BCUT2D eigenvalue weighted by Gasteiger charge is 2.40. The number of ether oxygens (including phenoxy) is 1. The highest BCUT2D eigenvalue weighted by atomic mass is 19.2. The van der Waals surface area contributed by atoms with Gasteiger partial charge in [-0.2, -0.15) is 5.26 Å². The number of nitriles is 1. The Morgan fingerprint density at radius 2 is 1.85 bits per heavy atom. The minimum absolute atomic E-state index is 0.155. The summed E-state index contributed by atoms with van der Waals surface area (Å²) in [5, 5.41) is 22.0. The monoisotopic (exact) mass is 456 g/mol. The largest absolute Gasteiger partial charge is 0.491 e. The number of aliphatic hydroxyl groups is 1. The number of halogens is 2. The molecule has 2 unspecified atom stereocenters. The van der Waals surface area contributed by atoms with Gasteiger partial charge in [0.25, 0.3) is 0 Å². The molecule has 2 N–H and O–H groups in total. The molecule has 2 heterocycles. The maximum atomic E-state index is 13.3. The molecule has 2 aromatic carbocycles. The van der Waals surface area contributed by atoms with Gasteiger partial charge in [0.15, 0.2) is 11.6 Å². The van der Waals surface area contributed by atoms with Crippen molar-refractivity contribution >= 4 is 11.6 Å². The third kappa shape index (κ3) is 5.85. The van der Waals surface area contributed by atoms with Crippen molar-refractivity contribution in [1.29, 1.82) is 5.26 Å². The summed E-state index contributed by atoms with van der Waals surface area (Å²) < 4.78 is 32.0. The summed E-state index contributed by atoms with van der Waals surface area (Å²) in [6.45, 7) is 2.21. The minimum Gasteiger partial charge on any atom is -0.491 e. The molecule has 2 bridgehead atoms. The zero-order valence-electron chi connectivity index (χ0n) is 18.1. The van der Waals surface area contributed by atoms with Crippen LogP contribution in [-0.4, -0.2) is 71.8 Å². The molecule has 4 rings (SSSR count). The molecule has 0 aliphatic carbocycles. The molecule has 0 aromatic heterocycles. The Hall–Kier alpha value is -3.06. The molecule has 174 valence electrons. The van der Waals surface area contributed by atoms with E-state index in [0.29, 0.717) is 30.9 Å². The number of carbonyl (C=O) groups is 1. The summed E-state index contributed by atoms with van der Waals surface area (Å²) in [5.41, 5.74) is 0.779. The predicted octanol–water partition coefficient (Wildman–Crippen LogP) is 2.36. The number of fused-ring (bicyclic) bond motifs is 2. The van der Waals surface area contributed by atoms with Gasteiger partial charge < -0.3 is 15.2 Å². The molecule has 33 heavy (non-hydrogen) atoms. The van der Waals surface area contributed by atoms with E-state index < -0.39 is 17.7 Å². The van der Waals surface area contributed by atoms with E-state index in [4.69, 9.17) is 10.00 Å². The molecule has 2 aromatic rings. The highest BCUT2D eigenvalue weighted by molar-refractivity contribution is 5.92. The Balaban J connectivity index is 1.24. The van der Waals surface area contributed by atoms with Gasteiger partial charge in [-0.25, -0.2) is 8.78 Å². The molecule has 2 saturated heterocycles. The fourth-order valence-electron chi connectivity index (χ4n) is 4.60. The number of nitrogens with one attached hydrogen (secondary N) is 1. The summed E-state index contributed by atoms with van der Waals surface area (Å²) in [4.78, 5) is 16.7. The number of hydrogen-bond donors (Lipinski definition) is 2. The Kier molecular flexibility index (Phi) is 7.18. The Labute approximate surface area is 191 Å². The summed E-state index contributed by atoms with van der Waals surface area (Å²) >= 11 is 0. The number of likely N-dealkylation sites (tertiary alicyclic amines) is 1. The van der Waals surface area contributed by atoms with Crippen LogP contribution in [0.15, 0.2) is 42.5 Å². The summed E-state index contributed by atoms with van der Waals surface area (Å²) in [6, 6.07) is 12.6. The average molecular weight is 456 g/mol. The van der Waals surface area contributed by atoms with Crippen LogP contribution in [0, 0.1) is 23.0 Å². The standard InChI is InChI=1S/C24H26F2N4O3/c25-22-8-3-17(9-23(22)26)28-24(32)14-29-11-18-4-5-19(12-29)30(18)13-20(31)15-33-21-6-1-16(10-27)2-7-21/h1-3,6-9,18-20,31H,4-5,11-15H2,(H,28,32)/t18?,19?,20-/m0/s1. The van der Waals surface area contributed by atoms with Crippen LogP contribution in [0.2, 0.25) is 0 Å². The quantitative estimate of drug-likeness (QED) is 0.634. The second kappa shape index (κ2) is 10.3. The first-order chi connectivity index (χ1) is 15.9. The van der Waals surface area contributed by atoms with Crippen molar-refractivity contribution in [2.45, 2.75) is 31.0 Å². The van der Waals surface area contributed by atoms with Crippen molar-refractivity contribution in [2.24, 2.45) is 0 Å². The third-order valence-electron chi connectivity index (χ3n) is 6.13. The maximum absolute atomic E-state index is 13.3. The summed E-state index contributed by atoms with van der Waals surface area (Å²) in [5.74, 6) is -1.62. The van der Waals surface area contributed by atoms with Crippen molar-refractivity contribution in [3.8, 4) is 11.8 Å². The zero-order chi connectivity index (χ0) is 23.4. The molecular weight excluding hydrogens is 430 g/mol. The van der Waals surface area contributed by atoms with E-state index in [-0.39, 0.29) is 36.8 Å². The normalized spacial score (nSPS) is 21.4. The first kappa shape index (κ1) is 23.1. The lowest BCUT2D eigenvalue weighted by Gasteiger charge is -2.41. The van der Waals surface area contributed by atoms with Crippen LogP contribution in [0.25, 0.3) is 0 Å². The number of nitrogens with zero attached hydrogens (tertiary/aromatic N) is 3. The van der Waals surface area contributed by atoms with Crippen LogP contribution in [0.4, 0.5) is 14.5 Å². The van der Waals surface area contributed by atoms with E-state index in [0.717, 1.165) is 25.0 Å². The van der Waals surface area contributed by atoms with Crippen molar-refractivity contribution in [3.63, 3.8) is 0 Å². The maximum Gasteiger partial charge on any atom is 0.238 e. The molecule has 2 aliphatic rings. The van der Waals surface area contributed by atoms with Crippen LogP contribution in [0.5, 0.6) is 5.75 Å². The number of benzene rings is 2. The van der Waals surface area contributed by atoms with Gasteiger partial charge in [-0.15, -0.1) is 0 Å². The number of rotatable bonds is 8. The van der Waals surface area contributed by atoms with E-state index in [1.165, 1.54) is 6.07 Å². The van der Waals surface area contributed by atoms with Gasteiger partial charge in [0.2, 0.25) is 5.91 Å². The molecule has 7 nitrogen and oxygen atoms in total. The van der Waals surface area contributed by atoms with E-state index in [1.54, 1.807) is 24.3 Å². The lowest BCUT2D eigenvalue weighted by molar-refractivity contribution is -0.118. The van der Waals surface area contributed by atoms with E-state index in [9.17, 15) is 18.7 Å². The number of amides is 1. The Morgan fingerprint density at radius 3 is 2.48 bits per heavy atom. The van der Waals surface area contributed by atoms with Crippen molar-refractivity contribution in [3.05, 3.63) is 59.7 Å². The van der Waals surface area contributed by atoms with E-state index in [1.807, 2.05) is 0 Å². The van der Waals surface area contributed by atoms with Crippen LogP contribution in [-0.2, 0) is 4.79 Å². The van der Waals surface area contributed by atoms with E-state index >= 15 is 0 Å².